The quantitative estimate of drug-likeness (QED) is 0.522. The highest BCUT2D eigenvalue weighted by Gasteiger charge is 2.15. The molecule has 10 heteroatoms. The third-order valence-electron chi connectivity index (χ3n) is 3.69. The Balaban J connectivity index is 1.93. The van der Waals surface area contributed by atoms with E-state index in [2.05, 4.69) is 19.9 Å². The molecule has 0 radical (unpaired) electrons. The summed E-state index contributed by atoms with van der Waals surface area (Å²) in [7, 11) is 1.79. The van der Waals surface area contributed by atoms with Crippen LogP contribution in [0.15, 0.2) is 30.5 Å². The lowest BCUT2D eigenvalue weighted by Gasteiger charge is -2.19. The molecule has 1 atom stereocenters. The van der Waals surface area contributed by atoms with Crippen molar-refractivity contribution in [1.82, 2.24) is 19.9 Å². The van der Waals surface area contributed by atoms with Gasteiger partial charge in [0.2, 0.25) is 5.95 Å². The molecule has 3 rings (SSSR count). The van der Waals surface area contributed by atoms with Crippen molar-refractivity contribution < 1.29 is 9.90 Å². The van der Waals surface area contributed by atoms with Crippen LogP contribution in [0.3, 0.4) is 0 Å². The number of nitrogens with two attached hydrogens (primary N) is 3. The number of anilines is 4. The summed E-state index contributed by atoms with van der Waals surface area (Å²) in [5, 5.41) is 8.95. The maximum atomic E-state index is 10.9. The van der Waals surface area contributed by atoms with Crippen LogP contribution in [-0.2, 0) is 4.79 Å². The van der Waals surface area contributed by atoms with Gasteiger partial charge in [-0.2, -0.15) is 9.97 Å². The van der Waals surface area contributed by atoms with E-state index in [1.165, 1.54) is 6.20 Å². The molecule has 0 amide bonds. The average molecular weight is 340 g/mol. The Kier molecular flexibility index (Phi) is 4.03. The number of hydrogen-bond donors (Lipinski definition) is 4. The lowest BCUT2D eigenvalue weighted by molar-refractivity contribution is -0.138. The van der Waals surface area contributed by atoms with Gasteiger partial charge in [-0.3, -0.25) is 4.79 Å². The number of aliphatic carboxylic acids is 1. The number of carboxylic acids is 1. The molecular weight excluding hydrogens is 324 g/mol. The van der Waals surface area contributed by atoms with E-state index in [4.69, 9.17) is 22.3 Å². The number of carboxylic acid groups (broad SMARTS) is 1. The number of carbonyl (C=O) groups is 1. The average Bonchev–Trinajstić information content (AvgIpc) is 2.59. The molecule has 0 aliphatic heterocycles. The predicted octanol–water partition coefficient (Wildman–Crippen LogP) is 0.437. The highest BCUT2D eigenvalue weighted by Crippen LogP contribution is 2.25. The minimum atomic E-state index is -1.09. The molecule has 0 spiro atoms. The zero-order chi connectivity index (χ0) is 18.1. The van der Waals surface area contributed by atoms with Gasteiger partial charge in [-0.25, -0.2) is 9.97 Å². The lowest BCUT2D eigenvalue weighted by Crippen LogP contribution is -2.20. The summed E-state index contributed by atoms with van der Waals surface area (Å²) in [5.41, 5.74) is 18.9. The van der Waals surface area contributed by atoms with Crippen LogP contribution >= 0.6 is 0 Å². The van der Waals surface area contributed by atoms with Crippen LogP contribution in [0.2, 0.25) is 0 Å². The standard InChI is InChI=1S/C15H16N8O2/c1-23(8-4-2-7(3-5-8)10(16)14(24)25)9-6-19-11-12(17)21-15(18)22-13(11)20-9/h2-6,10H,16H2,1H3,(H,24,25)(H4,17,18,20,21,22). The summed E-state index contributed by atoms with van der Waals surface area (Å²) in [6.45, 7) is 0. The molecule has 0 saturated carbocycles. The first kappa shape index (κ1) is 16.3. The van der Waals surface area contributed by atoms with Crippen molar-refractivity contribution >= 4 is 40.4 Å². The van der Waals surface area contributed by atoms with E-state index in [9.17, 15) is 4.79 Å². The van der Waals surface area contributed by atoms with Crippen LogP contribution in [0.1, 0.15) is 11.6 Å². The zero-order valence-corrected chi connectivity index (χ0v) is 13.3. The number of hydrogen-bond acceptors (Lipinski definition) is 9. The molecule has 0 aliphatic carbocycles. The topological polar surface area (TPSA) is 170 Å². The van der Waals surface area contributed by atoms with Gasteiger partial charge in [0.25, 0.3) is 0 Å². The second-order valence-corrected chi connectivity index (χ2v) is 5.33. The first-order chi connectivity index (χ1) is 11.9. The maximum Gasteiger partial charge on any atom is 0.325 e. The summed E-state index contributed by atoms with van der Waals surface area (Å²) in [6, 6.07) is 5.72. The van der Waals surface area contributed by atoms with Gasteiger partial charge >= 0.3 is 5.97 Å². The molecule has 0 aliphatic rings. The fraction of sp³-hybridized carbons (Fsp3) is 0.133. The highest BCUT2D eigenvalue weighted by molar-refractivity contribution is 5.83. The van der Waals surface area contributed by atoms with Crippen molar-refractivity contribution in [2.75, 3.05) is 23.4 Å². The van der Waals surface area contributed by atoms with Crippen LogP contribution < -0.4 is 22.1 Å². The van der Waals surface area contributed by atoms with Crippen molar-refractivity contribution in [3.63, 3.8) is 0 Å². The molecular formula is C15H16N8O2. The molecule has 25 heavy (non-hydrogen) atoms. The van der Waals surface area contributed by atoms with Crippen molar-refractivity contribution in [3.8, 4) is 0 Å². The van der Waals surface area contributed by atoms with Crippen LogP contribution in [0.4, 0.5) is 23.3 Å². The van der Waals surface area contributed by atoms with Crippen LogP contribution in [-0.4, -0.2) is 38.1 Å². The third-order valence-corrected chi connectivity index (χ3v) is 3.69. The zero-order valence-electron chi connectivity index (χ0n) is 13.3. The minimum Gasteiger partial charge on any atom is -0.480 e. The van der Waals surface area contributed by atoms with Crippen LogP contribution in [0.5, 0.6) is 0 Å². The van der Waals surface area contributed by atoms with Crippen molar-refractivity contribution in [3.05, 3.63) is 36.0 Å². The van der Waals surface area contributed by atoms with Crippen molar-refractivity contribution in [2.45, 2.75) is 6.04 Å². The molecule has 2 aromatic heterocycles. The van der Waals surface area contributed by atoms with E-state index in [1.54, 1.807) is 36.2 Å². The molecule has 10 nitrogen and oxygen atoms in total. The Morgan fingerprint density at radius 3 is 2.48 bits per heavy atom. The Hall–Kier alpha value is -3.53. The molecule has 1 aromatic carbocycles. The monoisotopic (exact) mass is 340 g/mol. The maximum absolute atomic E-state index is 10.9. The van der Waals surface area contributed by atoms with Gasteiger partial charge < -0.3 is 27.2 Å². The second-order valence-electron chi connectivity index (χ2n) is 5.33. The van der Waals surface area contributed by atoms with Gasteiger partial charge in [-0.05, 0) is 17.7 Å². The molecule has 0 fully saturated rings. The fourth-order valence-corrected chi connectivity index (χ4v) is 2.28. The molecule has 3 aromatic rings. The van der Waals surface area contributed by atoms with Crippen LogP contribution in [0, 0.1) is 0 Å². The number of benzene rings is 1. The number of fused-ring (bicyclic) bond motifs is 1. The van der Waals surface area contributed by atoms with Crippen molar-refractivity contribution in [1.29, 1.82) is 0 Å². The molecule has 0 saturated heterocycles. The SMILES string of the molecule is CN(c1ccc(C(N)C(=O)O)cc1)c1cnc2c(N)nc(N)nc2n1. The summed E-state index contributed by atoms with van der Waals surface area (Å²) >= 11 is 0. The predicted molar refractivity (Wildman–Crippen MR) is 93.0 cm³/mol. The Bertz CT molecular complexity index is 944. The third kappa shape index (κ3) is 3.10. The van der Waals surface area contributed by atoms with E-state index in [0.717, 1.165) is 5.69 Å². The summed E-state index contributed by atoms with van der Waals surface area (Å²) in [6.07, 6.45) is 1.54. The largest absolute Gasteiger partial charge is 0.480 e. The van der Waals surface area contributed by atoms with Gasteiger partial charge in [0.05, 0.1) is 6.20 Å². The van der Waals surface area contributed by atoms with Gasteiger partial charge in [0.15, 0.2) is 22.8 Å². The van der Waals surface area contributed by atoms with Crippen LogP contribution in [0.25, 0.3) is 11.2 Å². The number of nitrogen functional groups attached to an aromatic ring is 2. The smallest absolute Gasteiger partial charge is 0.325 e. The summed E-state index contributed by atoms with van der Waals surface area (Å²) in [4.78, 5) is 29.2. The summed E-state index contributed by atoms with van der Waals surface area (Å²) < 4.78 is 0. The highest BCUT2D eigenvalue weighted by atomic mass is 16.4. The number of rotatable bonds is 4. The lowest BCUT2D eigenvalue weighted by atomic mass is 10.1. The summed E-state index contributed by atoms with van der Waals surface area (Å²) in [5.74, 6) is -0.390. The Morgan fingerprint density at radius 2 is 1.84 bits per heavy atom. The fourth-order valence-electron chi connectivity index (χ4n) is 2.28. The van der Waals surface area contributed by atoms with Gasteiger partial charge in [0, 0.05) is 12.7 Å². The van der Waals surface area contributed by atoms with Gasteiger partial charge in [0.1, 0.15) is 6.04 Å². The number of aromatic nitrogens is 4. The molecule has 2 heterocycles. The van der Waals surface area contributed by atoms with E-state index < -0.39 is 12.0 Å². The Labute approximate surface area is 142 Å². The number of nitrogens with zero attached hydrogens (tertiary/aromatic N) is 5. The van der Waals surface area contributed by atoms with E-state index in [1.807, 2.05) is 0 Å². The first-order valence-corrected chi connectivity index (χ1v) is 7.24. The van der Waals surface area contributed by atoms with E-state index in [-0.39, 0.29) is 11.8 Å². The molecule has 128 valence electrons. The second kappa shape index (κ2) is 6.17. The minimum absolute atomic E-state index is 0.0196. The molecule has 1 unspecified atom stereocenters. The van der Waals surface area contributed by atoms with Gasteiger partial charge in [-0.15, -0.1) is 0 Å². The molecule has 0 bridgehead atoms. The molecule has 7 N–H and O–H groups in total. The van der Waals surface area contributed by atoms with E-state index >= 15 is 0 Å². The van der Waals surface area contributed by atoms with E-state index in [0.29, 0.717) is 22.5 Å². The normalized spacial score (nSPS) is 12.1. The Morgan fingerprint density at radius 1 is 1.16 bits per heavy atom. The van der Waals surface area contributed by atoms with Gasteiger partial charge in [-0.1, -0.05) is 12.1 Å². The van der Waals surface area contributed by atoms with Crippen molar-refractivity contribution in [2.24, 2.45) is 5.73 Å². The first-order valence-electron chi connectivity index (χ1n) is 7.24.